The van der Waals surface area contributed by atoms with Crippen molar-refractivity contribution in [1.29, 1.82) is 0 Å². The van der Waals surface area contributed by atoms with E-state index in [1.165, 1.54) is 0 Å². The Morgan fingerprint density at radius 3 is 2.45 bits per heavy atom. The van der Waals surface area contributed by atoms with E-state index in [-0.39, 0.29) is 29.6 Å². The number of hydrogen-bond acceptors (Lipinski definition) is 9. The van der Waals surface area contributed by atoms with Gasteiger partial charge in [0.05, 0.1) is 34.6 Å². The van der Waals surface area contributed by atoms with E-state index in [1.54, 1.807) is 12.1 Å². The second-order valence-corrected chi connectivity index (χ2v) is 10.6. The van der Waals surface area contributed by atoms with Gasteiger partial charge < -0.3 is 30.1 Å². The molecule has 10 nitrogen and oxygen atoms in total. The van der Waals surface area contributed by atoms with Crippen molar-refractivity contribution >= 4 is 28.1 Å². The quantitative estimate of drug-likeness (QED) is 0.238. The molecule has 206 valence electrons. The van der Waals surface area contributed by atoms with Gasteiger partial charge in [0.15, 0.2) is 17.3 Å². The molecule has 0 saturated carbocycles. The fourth-order valence-electron chi connectivity index (χ4n) is 6.71. The van der Waals surface area contributed by atoms with Gasteiger partial charge in [-0.05, 0) is 42.7 Å². The van der Waals surface area contributed by atoms with E-state index in [4.69, 9.17) is 4.74 Å². The van der Waals surface area contributed by atoms with E-state index in [2.05, 4.69) is 11.9 Å². The van der Waals surface area contributed by atoms with Gasteiger partial charge in [-0.2, -0.15) is 0 Å². The molecule has 0 bridgehead atoms. The maximum atomic E-state index is 14.1. The summed E-state index contributed by atoms with van der Waals surface area (Å²) in [6.07, 6.45) is 2.90. The fourth-order valence-corrected chi connectivity index (χ4v) is 6.71. The highest BCUT2D eigenvalue weighted by Gasteiger charge is 2.61. The number of aromatic amines is 1. The number of aliphatic hydroxyl groups is 1. The molecule has 0 fully saturated rings. The Kier molecular flexibility index (Phi) is 5.67. The van der Waals surface area contributed by atoms with Gasteiger partial charge in [0.1, 0.15) is 23.4 Å². The Labute approximate surface area is 227 Å². The Balaban J connectivity index is 1.55. The van der Waals surface area contributed by atoms with Crippen molar-refractivity contribution in [1.82, 2.24) is 4.98 Å². The molecule has 10 heteroatoms. The van der Waals surface area contributed by atoms with Crippen LogP contribution in [-0.2, 0) is 23.0 Å². The number of phenols is 3. The predicted octanol–water partition coefficient (Wildman–Crippen LogP) is 3.40. The lowest BCUT2D eigenvalue weighted by molar-refractivity contribution is 0.0627. The summed E-state index contributed by atoms with van der Waals surface area (Å²) in [5, 5.41) is 45.8. The van der Waals surface area contributed by atoms with Crippen molar-refractivity contribution in [2.24, 2.45) is 0 Å². The third-order valence-corrected chi connectivity index (χ3v) is 8.57. The van der Waals surface area contributed by atoms with Crippen molar-refractivity contribution in [2.45, 2.75) is 57.0 Å². The number of carbonyl (C=O) groups excluding carboxylic acids is 3. The number of hydrogen-bond donors (Lipinski definition) is 5. The minimum absolute atomic E-state index is 0.00479. The number of methoxy groups -OCH3 is 1. The third-order valence-electron chi connectivity index (χ3n) is 8.57. The molecule has 2 atom stereocenters. The Bertz CT molecular complexity index is 1780. The molecule has 3 aliphatic carbocycles. The molecule has 5 N–H and O–H groups in total. The van der Waals surface area contributed by atoms with Crippen LogP contribution in [0.5, 0.6) is 17.2 Å². The normalized spacial score (nSPS) is 21.1. The second-order valence-electron chi connectivity index (χ2n) is 10.6. The summed E-state index contributed by atoms with van der Waals surface area (Å²) in [6, 6.07) is 3.51. The number of fused-ring (bicyclic) bond motifs is 5. The fraction of sp³-hybridized carbons (Fsp3) is 0.333. The van der Waals surface area contributed by atoms with Crippen molar-refractivity contribution in [3.8, 4) is 17.2 Å². The van der Waals surface area contributed by atoms with Crippen molar-refractivity contribution < 1.29 is 39.5 Å². The number of aliphatic hydroxyl groups excluding tert-OH is 1. The SMILES string of the molecule is CCCCCc1cc2cc3c(c(O)c2c(=O)[nH]1)C1(CC3)C(=O)c2c(O)c3c(c(O)c2C1O)C(=O)C=C(OC)C3=O. The summed E-state index contributed by atoms with van der Waals surface area (Å²) in [4.78, 5) is 55.8. The Morgan fingerprint density at radius 2 is 1.75 bits per heavy atom. The molecule has 2 unspecified atom stereocenters. The molecule has 0 saturated heterocycles. The third kappa shape index (κ3) is 3.13. The van der Waals surface area contributed by atoms with Crippen LogP contribution in [0.3, 0.4) is 0 Å². The van der Waals surface area contributed by atoms with Crippen LogP contribution < -0.4 is 5.56 Å². The highest BCUT2D eigenvalue weighted by molar-refractivity contribution is 6.28. The van der Waals surface area contributed by atoms with E-state index in [0.29, 0.717) is 17.4 Å². The van der Waals surface area contributed by atoms with Crippen molar-refractivity contribution in [3.05, 3.63) is 73.4 Å². The first-order valence-electron chi connectivity index (χ1n) is 13.2. The number of unbranched alkanes of at least 4 members (excludes halogenated alkanes) is 2. The summed E-state index contributed by atoms with van der Waals surface area (Å²) in [7, 11) is 1.16. The van der Waals surface area contributed by atoms with Crippen LogP contribution in [0, 0.1) is 0 Å². The molecule has 3 aliphatic rings. The number of pyridine rings is 1. The van der Waals surface area contributed by atoms with Gasteiger partial charge in [-0.1, -0.05) is 25.8 Å². The molecule has 1 spiro atoms. The lowest BCUT2D eigenvalue weighted by Crippen LogP contribution is -2.34. The number of ether oxygens (including phenoxy) is 1. The number of aromatic nitrogens is 1. The molecule has 1 aromatic heterocycles. The minimum Gasteiger partial charge on any atom is -0.507 e. The minimum atomic E-state index is -1.86. The van der Waals surface area contributed by atoms with Gasteiger partial charge in [0.2, 0.25) is 5.78 Å². The number of benzene rings is 2. The number of carbonyl (C=O) groups is 3. The number of Topliss-reactive ketones (excluding diaryl/α,β-unsaturated/α-hetero) is 2. The van der Waals surface area contributed by atoms with E-state index >= 15 is 0 Å². The lowest BCUT2D eigenvalue weighted by atomic mass is 9.75. The average Bonchev–Trinajstić information content (AvgIpc) is 3.40. The Hall–Kier alpha value is -4.44. The largest absolute Gasteiger partial charge is 0.507 e. The van der Waals surface area contributed by atoms with Gasteiger partial charge in [0, 0.05) is 22.9 Å². The van der Waals surface area contributed by atoms with Gasteiger partial charge >= 0.3 is 0 Å². The molecule has 0 radical (unpaired) electrons. The zero-order valence-electron chi connectivity index (χ0n) is 21.9. The molecule has 3 aromatic rings. The van der Waals surface area contributed by atoms with E-state index in [1.807, 2.05) is 0 Å². The molecular weight excluding hydrogens is 518 g/mol. The summed E-state index contributed by atoms with van der Waals surface area (Å²) < 4.78 is 4.93. The van der Waals surface area contributed by atoms with Crippen LogP contribution in [-0.4, -0.2) is 49.9 Å². The first-order chi connectivity index (χ1) is 19.1. The number of aryl methyl sites for hydroxylation is 2. The lowest BCUT2D eigenvalue weighted by Gasteiger charge is -2.28. The zero-order valence-corrected chi connectivity index (χ0v) is 21.9. The van der Waals surface area contributed by atoms with Crippen LogP contribution in [0.15, 0.2) is 28.8 Å². The predicted molar refractivity (Wildman–Crippen MR) is 142 cm³/mol. The van der Waals surface area contributed by atoms with Gasteiger partial charge in [-0.3, -0.25) is 19.2 Å². The number of rotatable bonds is 5. The van der Waals surface area contributed by atoms with Crippen LogP contribution in [0.1, 0.15) is 92.2 Å². The number of H-pyrrole nitrogens is 1. The smallest absolute Gasteiger partial charge is 0.259 e. The van der Waals surface area contributed by atoms with E-state index in [0.717, 1.165) is 38.1 Å². The number of nitrogens with one attached hydrogen (secondary N) is 1. The van der Waals surface area contributed by atoms with Gasteiger partial charge in [-0.25, -0.2) is 0 Å². The summed E-state index contributed by atoms with van der Waals surface area (Å²) in [6.45, 7) is 2.08. The molecule has 6 rings (SSSR count). The Morgan fingerprint density at radius 1 is 1.00 bits per heavy atom. The van der Waals surface area contributed by atoms with Gasteiger partial charge in [0.25, 0.3) is 5.56 Å². The number of ketones is 3. The number of allylic oxidation sites excluding steroid dienone is 2. The number of aromatic hydroxyl groups is 3. The topological polar surface area (TPSA) is 174 Å². The maximum Gasteiger partial charge on any atom is 0.259 e. The van der Waals surface area contributed by atoms with Crippen molar-refractivity contribution in [3.63, 3.8) is 0 Å². The molecule has 1 heterocycles. The first kappa shape index (κ1) is 25.8. The van der Waals surface area contributed by atoms with E-state index in [9.17, 15) is 39.6 Å². The average molecular weight is 546 g/mol. The molecule has 40 heavy (non-hydrogen) atoms. The van der Waals surface area contributed by atoms with Gasteiger partial charge in [-0.15, -0.1) is 0 Å². The van der Waals surface area contributed by atoms with Crippen LogP contribution in [0.2, 0.25) is 0 Å². The molecular formula is C30H27NO9. The second kappa shape index (κ2) is 8.79. The monoisotopic (exact) mass is 545 g/mol. The van der Waals surface area contributed by atoms with E-state index < -0.39 is 73.9 Å². The van der Waals surface area contributed by atoms with Crippen molar-refractivity contribution in [2.75, 3.05) is 7.11 Å². The summed E-state index contributed by atoms with van der Waals surface area (Å²) in [5.74, 6) is -5.08. The molecule has 2 aromatic carbocycles. The summed E-state index contributed by atoms with van der Waals surface area (Å²) in [5.41, 5.74) is -3.15. The van der Waals surface area contributed by atoms with Crippen LogP contribution >= 0.6 is 0 Å². The highest BCUT2D eigenvalue weighted by Crippen LogP contribution is 2.62. The zero-order chi connectivity index (χ0) is 28.7. The van der Waals surface area contributed by atoms with Crippen LogP contribution in [0.4, 0.5) is 0 Å². The molecule has 0 amide bonds. The number of phenolic OH excluding ortho intramolecular Hbond substituents is 3. The maximum absolute atomic E-state index is 14.1. The first-order valence-corrected chi connectivity index (χ1v) is 13.2. The van der Waals surface area contributed by atoms with Crippen LogP contribution in [0.25, 0.3) is 10.8 Å². The standard InChI is InChI=1S/C30H27NO9/c1-3-4-5-6-14-10-13-9-12-7-8-30(22(12)26(36)17(13)29(39)31-14)27(37)20-21(28(30)38)25(35)19-18(24(20)34)15(32)11-16(40-2)23(19)33/h9-11,27,34-37H,3-8H2,1-2H3,(H,31,39). The molecule has 0 aliphatic heterocycles. The summed E-state index contributed by atoms with van der Waals surface area (Å²) >= 11 is 0. The highest BCUT2D eigenvalue weighted by atomic mass is 16.5.